The Morgan fingerprint density at radius 2 is 1.48 bits per heavy atom. The molecular formula is C11H18N4O7S. The van der Waals surface area contributed by atoms with Crippen LogP contribution in [0.4, 0.5) is 0 Å². The maximum absolute atomic E-state index is 12.0. The molecule has 0 bridgehead atoms. The number of hydrogen-bond acceptors (Lipinski definition) is 7. The lowest BCUT2D eigenvalue weighted by molar-refractivity contribution is -0.144. The van der Waals surface area contributed by atoms with E-state index in [0.717, 1.165) is 0 Å². The average Bonchev–Trinajstić information content (AvgIpc) is 2.43. The van der Waals surface area contributed by atoms with Crippen LogP contribution in [-0.2, 0) is 24.0 Å². The number of rotatable bonds is 10. The van der Waals surface area contributed by atoms with Crippen LogP contribution < -0.4 is 22.1 Å². The van der Waals surface area contributed by atoms with Gasteiger partial charge in [-0.25, -0.2) is 4.79 Å². The standard InChI is InChI=1S/C11H18N4O7S/c12-4(3-23)9(19)14-5(2-8(17)18)10(20)15-6(11(21)22)1-7(13)16/h4-6,23H,1-3,12H2,(H2,13,16)(H,14,19)(H,15,20)(H,17,18)(H,21,22). The quantitative estimate of drug-likeness (QED) is 0.198. The van der Waals surface area contributed by atoms with Crippen LogP contribution in [0.5, 0.6) is 0 Å². The molecule has 0 aliphatic heterocycles. The molecule has 0 aromatic rings. The monoisotopic (exact) mass is 350 g/mol. The van der Waals surface area contributed by atoms with Crippen molar-refractivity contribution in [2.24, 2.45) is 11.5 Å². The molecule has 8 N–H and O–H groups in total. The summed E-state index contributed by atoms with van der Waals surface area (Å²) >= 11 is 3.79. The fourth-order valence-electron chi connectivity index (χ4n) is 1.42. The first-order chi connectivity index (χ1) is 10.6. The maximum Gasteiger partial charge on any atom is 0.326 e. The summed E-state index contributed by atoms with van der Waals surface area (Å²) in [7, 11) is 0. The first kappa shape index (κ1) is 20.7. The predicted octanol–water partition coefficient (Wildman–Crippen LogP) is -3.35. The third-order valence-electron chi connectivity index (χ3n) is 2.57. The van der Waals surface area contributed by atoms with Gasteiger partial charge in [-0.05, 0) is 0 Å². The Morgan fingerprint density at radius 1 is 0.957 bits per heavy atom. The molecule has 3 amide bonds. The second-order valence-electron chi connectivity index (χ2n) is 4.52. The van der Waals surface area contributed by atoms with E-state index in [-0.39, 0.29) is 5.75 Å². The highest BCUT2D eigenvalue weighted by Crippen LogP contribution is 1.99. The van der Waals surface area contributed by atoms with Crippen LogP contribution in [0.1, 0.15) is 12.8 Å². The number of primary amides is 1. The molecule has 0 saturated heterocycles. The Morgan fingerprint density at radius 3 is 1.87 bits per heavy atom. The largest absolute Gasteiger partial charge is 0.481 e. The number of carbonyl (C=O) groups excluding carboxylic acids is 3. The lowest BCUT2D eigenvalue weighted by Gasteiger charge is -2.21. The van der Waals surface area contributed by atoms with E-state index in [1.807, 2.05) is 5.32 Å². The minimum atomic E-state index is -1.65. The van der Waals surface area contributed by atoms with Crippen molar-refractivity contribution < 1.29 is 34.2 Å². The van der Waals surface area contributed by atoms with Crippen LogP contribution >= 0.6 is 12.6 Å². The van der Waals surface area contributed by atoms with Gasteiger partial charge in [-0.3, -0.25) is 19.2 Å². The van der Waals surface area contributed by atoms with Crippen molar-refractivity contribution >= 4 is 42.3 Å². The van der Waals surface area contributed by atoms with Crippen LogP contribution in [0.2, 0.25) is 0 Å². The van der Waals surface area contributed by atoms with Gasteiger partial charge in [0.2, 0.25) is 17.7 Å². The highest BCUT2D eigenvalue weighted by Gasteiger charge is 2.30. The van der Waals surface area contributed by atoms with Crippen molar-refractivity contribution in [3.05, 3.63) is 0 Å². The van der Waals surface area contributed by atoms with Gasteiger partial charge in [-0.15, -0.1) is 0 Å². The molecule has 0 aromatic heterocycles. The Bertz CT molecular complexity index is 499. The Kier molecular flexibility index (Phi) is 8.65. The van der Waals surface area contributed by atoms with Gasteiger partial charge in [-0.2, -0.15) is 12.6 Å². The van der Waals surface area contributed by atoms with Crippen LogP contribution in [0, 0.1) is 0 Å². The van der Waals surface area contributed by atoms with E-state index < -0.39 is 60.6 Å². The van der Waals surface area contributed by atoms with E-state index in [1.165, 1.54) is 0 Å². The van der Waals surface area contributed by atoms with Crippen molar-refractivity contribution in [2.75, 3.05) is 5.75 Å². The molecule has 0 aliphatic rings. The predicted molar refractivity (Wildman–Crippen MR) is 79.4 cm³/mol. The Balaban J connectivity index is 5.04. The van der Waals surface area contributed by atoms with E-state index in [1.54, 1.807) is 0 Å². The van der Waals surface area contributed by atoms with Gasteiger partial charge in [0.05, 0.1) is 18.9 Å². The zero-order valence-corrected chi connectivity index (χ0v) is 12.8. The van der Waals surface area contributed by atoms with Crippen molar-refractivity contribution in [3.63, 3.8) is 0 Å². The molecule has 0 heterocycles. The topological polar surface area (TPSA) is 202 Å². The van der Waals surface area contributed by atoms with Gasteiger partial charge in [0, 0.05) is 5.75 Å². The smallest absolute Gasteiger partial charge is 0.326 e. The fraction of sp³-hybridized carbons (Fsp3) is 0.545. The lowest BCUT2D eigenvalue weighted by atomic mass is 10.1. The minimum absolute atomic E-state index is 0.0489. The summed E-state index contributed by atoms with van der Waals surface area (Å²) in [5.41, 5.74) is 10.2. The summed E-state index contributed by atoms with van der Waals surface area (Å²) in [6.07, 6.45) is -1.50. The molecule has 0 fully saturated rings. The second kappa shape index (κ2) is 9.63. The second-order valence-corrected chi connectivity index (χ2v) is 4.88. The summed E-state index contributed by atoms with van der Waals surface area (Å²) in [4.78, 5) is 56.0. The van der Waals surface area contributed by atoms with Crippen molar-refractivity contribution in [1.82, 2.24) is 10.6 Å². The Labute approximate surface area is 136 Å². The number of nitrogens with two attached hydrogens (primary N) is 2. The number of carbonyl (C=O) groups is 5. The van der Waals surface area contributed by atoms with Gasteiger partial charge in [-0.1, -0.05) is 0 Å². The van der Waals surface area contributed by atoms with E-state index in [4.69, 9.17) is 21.7 Å². The molecule has 0 spiro atoms. The third-order valence-corrected chi connectivity index (χ3v) is 2.96. The van der Waals surface area contributed by atoms with Crippen LogP contribution in [0.25, 0.3) is 0 Å². The number of aliphatic carboxylic acids is 2. The molecule has 11 nitrogen and oxygen atoms in total. The highest BCUT2D eigenvalue weighted by molar-refractivity contribution is 7.80. The molecule has 0 saturated carbocycles. The summed E-state index contributed by atoms with van der Waals surface area (Å²) in [5.74, 6) is -5.90. The number of amides is 3. The van der Waals surface area contributed by atoms with E-state index >= 15 is 0 Å². The summed E-state index contributed by atoms with van der Waals surface area (Å²) in [6, 6.07) is -4.30. The summed E-state index contributed by atoms with van der Waals surface area (Å²) in [5, 5.41) is 21.7. The lowest BCUT2D eigenvalue weighted by Crippen LogP contribution is -2.55. The molecule has 130 valence electrons. The molecule has 3 atom stereocenters. The molecule has 0 aliphatic carbocycles. The number of carboxylic acids is 2. The number of hydrogen-bond donors (Lipinski definition) is 7. The number of nitrogens with one attached hydrogen (secondary N) is 2. The first-order valence-electron chi connectivity index (χ1n) is 6.28. The molecular weight excluding hydrogens is 332 g/mol. The summed E-state index contributed by atoms with van der Waals surface area (Å²) < 4.78 is 0. The van der Waals surface area contributed by atoms with Gasteiger partial charge < -0.3 is 32.3 Å². The van der Waals surface area contributed by atoms with Gasteiger partial charge in [0.1, 0.15) is 12.1 Å². The van der Waals surface area contributed by atoms with Crippen LogP contribution in [0.3, 0.4) is 0 Å². The Hall–Kier alpha value is -2.34. The highest BCUT2D eigenvalue weighted by atomic mass is 32.1. The van der Waals surface area contributed by atoms with E-state index in [9.17, 15) is 24.0 Å². The van der Waals surface area contributed by atoms with Gasteiger partial charge in [0.15, 0.2) is 0 Å². The molecule has 12 heteroatoms. The van der Waals surface area contributed by atoms with Gasteiger partial charge in [0.25, 0.3) is 0 Å². The SMILES string of the molecule is NC(=O)CC(NC(=O)C(CC(=O)O)NC(=O)C(N)CS)C(=O)O. The van der Waals surface area contributed by atoms with E-state index in [0.29, 0.717) is 0 Å². The van der Waals surface area contributed by atoms with Gasteiger partial charge >= 0.3 is 11.9 Å². The van der Waals surface area contributed by atoms with E-state index in [2.05, 4.69) is 17.9 Å². The van der Waals surface area contributed by atoms with Crippen molar-refractivity contribution in [3.8, 4) is 0 Å². The van der Waals surface area contributed by atoms with Crippen molar-refractivity contribution in [2.45, 2.75) is 31.0 Å². The molecule has 23 heavy (non-hydrogen) atoms. The molecule has 3 unspecified atom stereocenters. The molecule has 0 aromatic carbocycles. The minimum Gasteiger partial charge on any atom is -0.481 e. The first-order valence-corrected chi connectivity index (χ1v) is 6.91. The van der Waals surface area contributed by atoms with Crippen molar-refractivity contribution in [1.29, 1.82) is 0 Å². The van der Waals surface area contributed by atoms with Crippen LogP contribution in [-0.4, -0.2) is 63.8 Å². The average molecular weight is 350 g/mol. The fourth-order valence-corrected chi connectivity index (χ4v) is 1.58. The normalized spacial score (nSPS) is 14.2. The molecule has 0 radical (unpaired) electrons. The van der Waals surface area contributed by atoms with Crippen LogP contribution in [0.15, 0.2) is 0 Å². The zero-order chi connectivity index (χ0) is 18.2. The zero-order valence-electron chi connectivity index (χ0n) is 11.9. The third kappa shape index (κ3) is 8.01. The summed E-state index contributed by atoms with van der Waals surface area (Å²) in [6.45, 7) is 0. The number of thiol groups is 1. The molecule has 0 rings (SSSR count). The maximum atomic E-state index is 12.0. The number of carboxylic acid groups (broad SMARTS) is 2.